The molecule has 3 heteroatoms. The van der Waals surface area contributed by atoms with Gasteiger partial charge in [-0.1, -0.05) is 56.0 Å². The number of benzene rings is 1. The van der Waals surface area contributed by atoms with E-state index in [1.54, 1.807) is 0 Å². The minimum atomic E-state index is 0.125. The van der Waals surface area contributed by atoms with Gasteiger partial charge in [0.15, 0.2) is 0 Å². The van der Waals surface area contributed by atoms with Crippen molar-refractivity contribution in [3.05, 3.63) is 33.8 Å². The van der Waals surface area contributed by atoms with Crippen molar-refractivity contribution in [3.8, 4) is 0 Å². The fourth-order valence-corrected chi connectivity index (χ4v) is 2.77. The van der Waals surface area contributed by atoms with Crippen LogP contribution >= 0.6 is 23.2 Å². The second-order valence-electron chi connectivity index (χ2n) is 6.68. The zero-order chi connectivity index (χ0) is 15.3. The van der Waals surface area contributed by atoms with Crippen LogP contribution in [-0.2, 0) is 0 Å². The second kappa shape index (κ2) is 7.68. The Labute approximate surface area is 134 Å². The fourth-order valence-electron chi connectivity index (χ4n) is 2.46. The molecule has 0 heterocycles. The van der Waals surface area contributed by atoms with Crippen molar-refractivity contribution in [2.24, 2.45) is 5.92 Å². The van der Waals surface area contributed by atoms with E-state index in [1.165, 1.54) is 18.4 Å². The molecule has 1 nitrogen and oxygen atoms in total. The minimum absolute atomic E-state index is 0.125. The highest BCUT2D eigenvalue weighted by atomic mass is 35.5. The van der Waals surface area contributed by atoms with E-state index in [-0.39, 0.29) is 5.54 Å². The summed E-state index contributed by atoms with van der Waals surface area (Å²) in [6.07, 6.45) is 2.42. The molecule has 1 aromatic rings. The molecule has 0 saturated heterocycles. The smallest absolute Gasteiger partial charge is 0.0595 e. The van der Waals surface area contributed by atoms with Gasteiger partial charge in [0.2, 0.25) is 0 Å². The van der Waals surface area contributed by atoms with Crippen LogP contribution in [0.25, 0.3) is 0 Å². The van der Waals surface area contributed by atoms with Gasteiger partial charge in [0.05, 0.1) is 10.0 Å². The van der Waals surface area contributed by atoms with E-state index in [9.17, 15) is 0 Å². The molecule has 20 heavy (non-hydrogen) atoms. The maximum Gasteiger partial charge on any atom is 0.0595 e. The van der Waals surface area contributed by atoms with Gasteiger partial charge in [-0.3, -0.25) is 0 Å². The topological polar surface area (TPSA) is 12.0 Å². The Bertz CT molecular complexity index is 423. The van der Waals surface area contributed by atoms with Gasteiger partial charge in [-0.25, -0.2) is 0 Å². The number of hydrogen-bond acceptors (Lipinski definition) is 1. The first-order valence-corrected chi connectivity index (χ1v) is 8.20. The molecule has 2 atom stereocenters. The summed E-state index contributed by atoms with van der Waals surface area (Å²) >= 11 is 12.2. The summed E-state index contributed by atoms with van der Waals surface area (Å²) in [4.78, 5) is 0. The number of halogens is 2. The third-order valence-electron chi connectivity index (χ3n) is 3.66. The summed E-state index contributed by atoms with van der Waals surface area (Å²) in [6, 6.07) is 6.03. The van der Waals surface area contributed by atoms with Gasteiger partial charge in [0.25, 0.3) is 0 Å². The highest BCUT2D eigenvalue weighted by molar-refractivity contribution is 6.42. The average molecular weight is 316 g/mol. The van der Waals surface area contributed by atoms with Crippen molar-refractivity contribution in [1.29, 1.82) is 0 Å². The highest BCUT2D eigenvalue weighted by Gasteiger charge is 2.21. The lowest BCUT2D eigenvalue weighted by Gasteiger charge is -2.29. The van der Waals surface area contributed by atoms with Crippen LogP contribution in [0.4, 0.5) is 0 Å². The molecule has 0 aliphatic heterocycles. The van der Waals surface area contributed by atoms with Crippen LogP contribution in [0.2, 0.25) is 10.0 Å². The van der Waals surface area contributed by atoms with Crippen LogP contribution < -0.4 is 5.32 Å². The first-order valence-electron chi connectivity index (χ1n) is 7.44. The summed E-state index contributed by atoms with van der Waals surface area (Å²) in [5, 5.41) is 4.89. The molecule has 114 valence electrons. The highest BCUT2D eigenvalue weighted by Crippen LogP contribution is 2.32. The SMILES string of the molecule is CCCC(C)C(CNC(C)(C)C)c1ccc(Cl)c(Cl)c1. The standard InChI is InChI=1S/C17H27Cl2N/c1-6-7-12(2)14(11-20-17(3,4)5)13-8-9-15(18)16(19)10-13/h8-10,12,14,20H,6-7,11H2,1-5H3. The van der Waals surface area contributed by atoms with Gasteiger partial charge in [0, 0.05) is 12.1 Å². The van der Waals surface area contributed by atoms with Crippen LogP contribution in [0.15, 0.2) is 18.2 Å². The second-order valence-corrected chi connectivity index (χ2v) is 7.49. The lowest BCUT2D eigenvalue weighted by molar-refractivity contribution is 0.348. The third-order valence-corrected chi connectivity index (χ3v) is 4.39. The van der Waals surface area contributed by atoms with Crippen molar-refractivity contribution in [1.82, 2.24) is 5.32 Å². The summed E-state index contributed by atoms with van der Waals surface area (Å²) in [5.41, 5.74) is 1.40. The van der Waals surface area contributed by atoms with Gasteiger partial charge in [-0.05, 0) is 50.3 Å². The van der Waals surface area contributed by atoms with Gasteiger partial charge in [0.1, 0.15) is 0 Å². The Morgan fingerprint density at radius 2 is 1.80 bits per heavy atom. The first kappa shape index (κ1) is 17.8. The van der Waals surface area contributed by atoms with Crippen molar-refractivity contribution < 1.29 is 0 Å². The Morgan fingerprint density at radius 3 is 2.30 bits per heavy atom. The van der Waals surface area contributed by atoms with Crippen molar-refractivity contribution in [2.75, 3.05) is 6.54 Å². The van der Waals surface area contributed by atoms with Crippen LogP contribution in [0.1, 0.15) is 58.9 Å². The maximum absolute atomic E-state index is 6.18. The Balaban J connectivity index is 2.93. The van der Waals surface area contributed by atoms with Gasteiger partial charge >= 0.3 is 0 Å². The molecule has 0 fully saturated rings. The largest absolute Gasteiger partial charge is 0.311 e. The first-order chi connectivity index (χ1) is 9.24. The number of nitrogens with one attached hydrogen (secondary N) is 1. The molecule has 2 unspecified atom stereocenters. The van der Waals surface area contributed by atoms with Crippen LogP contribution in [0, 0.1) is 5.92 Å². The van der Waals surface area contributed by atoms with Crippen molar-refractivity contribution in [2.45, 2.75) is 58.9 Å². The molecule has 1 rings (SSSR count). The predicted octanol–water partition coefficient (Wildman–Crippen LogP) is 5.90. The van der Waals surface area contributed by atoms with Crippen LogP contribution in [-0.4, -0.2) is 12.1 Å². The van der Waals surface area contributed by atoms with Crippen LogP contribution in [0.5, 0.6) is 0 Å². The lowest BCUT2D eigenvalue weighted by Crippen LogP contribution is -2.39. The molecule has 0 amide bonds. The molecule has 0 saturated carbocycles. The quantitative estimate of drug-likeness (QED) is 0.689. The van der Waals surface area contributed by atoms with Gasteiger partial charge in [-0.2, -0.15) is 0 Å². The predicted molar refractivity (Wildman–Crippen MR) is 91.0 cm³/mol. The summed E-state index contributed by atoms with van der Waals surface area (Å²) < 4.78 is 0. The van der Waals surface area contributed by atoms with E-state index >= 15 is 0 Å². The molecule has 0 radical (unpaired) electrons. The Hall–Kier alpha value is -0.240. The maximum atomic E-state index is 6.18. The molecule has 0 aromatic heterocycles. The summed E-state index contributed by atoms with van der Waals surface area (Å²) in [5.74, 6) is 1.08. The van der Waals surface area contributed by atoms with E-state index in [0.29, 0.717) is 21.9 Å². The monoisotopic (exact) mass is 315 g/mol. The number of rotatable bonds is 6. The third kappa shape index (κ3) is 5.63. The zero-order valence-corrected chi connectivity index (χ0v) is 14.8. The fraction of sp³-hybridized carbons (Fsp3) is 0.647. The molecule has 0 aliphatic rings. The van der Waals surface area contributed by atoms with Gasteiger partial charge in [-0.15, -0.1) is 0 Å². The van der Waals surface area contributed by atoms with Crippen LogP contribution in [0.3, 0.4) is 0 Å². The van der Waals surface area contributed by atoms with Gasteiger partial charge < -0.3 is 5.32 Å². The molecule has 1 aromatic carbocycles. The van der Waals surface area contributed by atoms with Crippen molar-refractivity contribution >= 4 is 23.2 Å². The molecule has 0 spiro atoms. The molecular formula is C17H27Cl2N. The molecule has 1 N–H and O–H groups in total. The van der Waals surface area contributed by atoms with E-state index < -0.39 is 0 Å². The van der Waals surface area contributed by atoms with E-state index in [1.807, 2.05) is 12.1 Å². The molecule has 0 aliphatic carbocycles. The molecular weight excluding hydrogens is 289 g/mol. The number of hydrogen-bond donors (Lipinski definition) is 1. The van der Waals surface area contributed by atoms with E-state index in [4.69, 9.17) is 23.2 Å². The van der Waals surface area contributed by atoms with Crippen molar-refractivity contribution in [3.63, 3.8) is 0 Å². The van der Waals surface area contributed by atoms with E-state index in [2.05, 4.69) is 46.0 Å². The summed E-state index contributed by atoms with van der Waals surface area (Å²) in [6.45, 7) is 12.1. The summed E-state index contributed by atoms with van der Waals surface area (Å²) in [7, 11) is 0. The zero-order valence-electron chi connectivity index (χ0n) is 13.3. The van der Waals surface area contributed by atoms with E-state index in [0.717, 1.165) is 6.54 Å². The Morgan fingerprint density at radius 1 is 1.15 bits per heavy atom. The normalized spacial score (nSPS) is 15.2. The minimum Gasteiger partial charge on any atom is -0.311 e. The lowest BCUT2D eigenvalue weighted by atomic mass is 9.84. The Kier molecular flexibility index (Phi) is 6.84. The molecule has 0 bridgehead atoms. The average Bonchev–Trinajstić information content (AvgIpc) is 2.32.